The zero-order valence-corrected chi connectivity index (χ0v) is 18.1. The normalized spacial score (nSPS) is 42.0. The Morgan fingerprint density at radius 1 is 1.03 bits per heavy atom. The predicted molar refractivity (Wildman–Crippen MR) is 119 cm³/mol. The molecule has 4 aliphatic carbocycles. The van der Waals surface area contributed by atoms with Gasteiger partial charge in [-0.1, -0.05) is 37.6 Å². The molecule has 3 fully saturated rings. The number of rotatable bonds is 2. The summed E-state index contributed by atoms with van der Waals surface area (Å²) in [4.78, 5) is 0. The first-order valence-corrected chi connectivity index (χ1v) is 11.6. The van der Waals surface area contributed by atoms with Crippen molar-refractivity contribution in [3.05, 3.63) is 47.3 Å². The van der Waals surface area contributed by atoms with E-state index in [4.69, 9.17) is 0 Å². The van der Waals surface area contributed by atoms with Crippen molar-refractivity contribution < 1.29 is 9.50 Å². The van der Waals surface area contributed by atoms with E-state index >= 15 is 0 Å². The lowest BCUT2D eigenvalue weighted by Gasteiger charge is -2.57. The SMILES string of the molecule is C[C@]12CCC(O)CC1=CCC1C2CC[C@]2(C)/C(=N/N=C/c3ccc(F)cc3)CCC12. The molecule has 0 aliphatic heterocycles. The Morgan fingerprint density at radius 3 is 2.57 bits per heavy atom. The number of hydrogen-bond acceptors (Lipinski definition) is 3. The smallest absolute Gasteiger partial charge is 0.123 e. The van der Waals surface area contributed by atoms with Gasteiger partial charge in [-0.2, -0.15) is 10.2 Å². The molecule has 5 rings (SSSR count). The van der Waals surface area contributed by atoms with E-state index < -0.39 is 0 Å². The fourth-order valence-corrected chi connectivity index (χ4v) is 7.31. The van der Waals surface area contributed by atoms with Crippen LogP contribution in [-0.2, 0) is 0 Å². The minimum absolute atomic E-state index is 0.140. The molecule has 0 radical (unpaired) electrons. The summed E-state index contributed by atoms with van der Waals surface area (Å²) in [5.41, 5.74) is 4.09. The lowest BCUT2D eigenvalue weighted by Crippen LogP contribution is -2.50. The van der Waals surface area contributed by atoms with E-state index in [2.05, 4.69) is 30.1 Å². The summed E-state index contributed by atoms with van der Waals surface area (Å²) in [5, 5.41) is 19.2. The maximum Gasteiger partial charge on any atom is 0.123 e. The number of benzene rings is 1. The van der Waals surface area contributed by atoms with Crippen LogP contribution in [0, 0.1) is 34.4 Å². The van der Waals surface area contributed by atoms with Gasteiger partial charge in [0, 0.05) is 11.1 Å². The Labute approximate surface area is 179 Å². The standard InChI is InChI=1S/C26H33FN2O/c1-25-13-11-20(30)15-18(25)5-8-21-22-9-10-24(26(22,2)14-12-23(21)25)29-28-16-17-3-6-19(27)7-4-17/h3-7,16,20-23,30H,8-15H2,1-2H3/b28-16+,29-24+/t20?,21?,22?,23?,25-,26-/m0/s1. The van der Waals surface area contributed by atoms with Crippen molar-refractivity contribution in [2.75, 3.05) is 0 Å². The minimum Gasteiger partial charge on any atom is -0.393 e. The molecular formula is C26H33FN2O. The number of hydrogen-bond donors (Lipinski definition) is 1. The average molecular weight is 409 g/mol. The number of aliphatic hydroxyl groups is 1. The number of nitrogens with zero attached hydrogens (tertiary/aromatic N) is 2. The molecule has 1 aromatic carbocycles. The van der Waals surface area contributed by atoms with E-state index in [1.807, 2.05) is 0 Å². The van der Waals surface area contributed by atoms with E-state index in [-0.39, 0.29) is 22.8 Å². The van der Waals surface area contributed by atoms with Crippen LogP contribution in [0.4, 0.5) is 4.39 Å². The number of aliphatic hydroxyl groups excluding tert-OH is 1. The molecule has 1 aromatic rings. The maximum absolute atomic E-state index is 13.1. The van der Waals surface area contributed by atoms with Crippen LogP contribution in [0.5, 0.6) is 0 Å². The predicted octanol–water partition coefficient (Wildman–Crippen LogP) is 5.92. The van der Waals surface area contributed by atoms with Crippen LogP contribution < -0.4 is 0 Å². The highest BCUT2D eigenvalue weighted by atomic mass is 19.1. The van der Waals surface area contributed by atoms with Gasteiger partial charge in [0.2, 0.25) is 0 Å². The van der Waals surface area contributed by atoms with Gasteiger partial charge in [0.05, 0.1) is 12.3 Å². The highest BCUT2D eigenvalue weighted by Crippen LogP contribution is 2.64. The van der Waals surface area contributed by atoms with Gasteiger partial charge in [0.25, 0.3) is 0 Å². The first-order valence-electron chi connectivity index (χ1n) is 11.6. The van der Waals surface area contributed by atoms with Crippen molar-refractivity contribution in [1.82, 2.24) is 0 Å². The molecular weight excluding hydrogens is 375 g/mol. The van der Waals surface area contributed by atoms with Gasteiger partial charge in [0.1, 0.15) is 5.82 Å². The lowest BCUT2D eigenvalue weighted by molar-refractivity contribution is -0.0209. The van der Waals surface area contributed by atoms with Crippen molar-refractivity contribution in [2.45, 2.75) is 71.3 Å². The first kappa shape index (κ1) is 20.1. The molecule has 3 nitrogen and oxygen atoms in total. The van der Waals surface area contributed by atoms with Gasteiger partial charge in [0.15, 0.2) is 0 Å². The Balaban J connectivity index is 1.37. The van der Waals surface area contributed by atoms with E-state index in [0.29, 0.717) is 5.92 Å². The highest BCUT2D eigenvalue weighted by Gasteiger charge is 2.57. The topological polar surface area (TPSA) is 45.0 Å². The molecule has 0 heterocycles. The summed E-state index contributed by atoms with van der Waals surface area (Å²) in [7, 11) is 0. The van der Waals surface area contributed by atoms with Gasteiger partial charge in [-0.05, 0) is 92.2 Å². The zero-order valence-electron chi connectivity index (χ0n) is 18.1. The Bertz CT molecular complexity index is 904. The summed E-state index contributed by atoms with van der Waals surface area (Å²) >= 11 is 0. The number of allylic oxidation sites excluding steroid dienone is 1. The molecule has 0 bridgehead atoms. The van der Waals surface area contributed by atoms with Crippen LogP contribution in [0.25, 0.3) is 0 Å². The van der Waals surface area contributed by atoms with Gasteiger partial charge in [-0.3, -0.25) is 0 Å². The third-order valence-corrected chi connectivity index (χ3v) is 9.07. The Morgan fingerprint density at radius 2 is 1.77 bits per heavy atom. The van der Waals surface area contributed by atoms with Crippen molar-refractivity contribution >= 4 is 11.9 Å². The van der Waals surface area contributed by atoms with Crippen LogP contribution in [0.1, 0.15) is 70.8 Å². The molecule has 4 heteroatoms. The molecule has 0 amide bonds. The highest BCUT2D eigenvalue weighted by molar-refractivity contribution is 5.93. The van der Waals surface area contributed by atoms with E-state index in [9.17, 15) is 9.50 Å². The zero-order chi connectivity index (χ0) is 20.9. The van der Waals surface area contributed by atoms with Gasteiger partial charge in [-0.25, -0.2) is 4.39 Å². The van der Waals surface area contributed by atoms with Crippen LogP contribution >= 0.6 is 0 Å². The third kappa shape index (κ3) is 3.19. The number of fused-ring (bicyclic) bond motifs is 5. The van der Waals surface area contributed by atoms with E-state index in [1.54, 1.807) is 18.3 Å². The summed E-state index contributed by atoms with van der Waals surface area (Å²) in [6, 6.07) is 6.38. The lowest BCUT2D eigenvalue weighted by atomic mass is 9.48. The van der Waals surface area contributed by atoms with Crippen LogP contribution in [-0.4, -0.2) is 23.1 Å². The van der Waals surface area contributed by atoms with Gasteiger partial charge in [-0.15, -0.1) is 0 Å². The van der Waals surface area contributed by atoms with Crippen LogP contribution in [0.15, 0.2) is 46.1 Å². The fraction of sp³-hybridized carbons (Fsp3) is 0.615. The Kier molecular flexibility index (Phi) is 4.96. The maximum atomic E-state index is 13.1. The van der Waals surface area contributed by atoms with E-state index in [0.717, 1.165) is 49.5 Å². The van der Waals surface area contributed by atoms with Gasteiger partial charge < -0.3 is 5.11 Å². The van der Waals surface area contributed by atoms with Gasteiger partial charge >= 0.3 is 0 Å². The summed E-state index contributed by atoms with van der Waals surface area (Å²) in [5.74, 6) is 1.91. The number of halogens is 1. The fourth-order valence-electron chi connectivity index (χ4n) is 7.31. The molecule has 160 valence electrons. The van der Waals surface area contributed by atoms with Crippen LogP contribution in [0.2, 0.25) is 0 Å². The largest absolute Gasteiger partial charge is 0.393 e. The first-order chi connectivity index (χ1) is 14.4. The second kappa shape index (κ2) is 7.40. The van der Waals surface area contributed by atoms with E-state index in [1.165, 1.54) is 42.7 Å². The second-order valence-corrected chi connectivity index (χ2v) is 10.5. The van der Waals surface area contributed by atoms with Crippen LogP contribution in [0.3, 0.4) is 0 Å². The minimum atomic E-state index is -0.229. The molecule has 3 saturated carbocycles. The Hall–Kier alpha value is -1.81. The monoisotopic (exact) mass is 408 g/mol. The molecule has 4 unspecified atom stereocenters. The summed E-state index contributed by atoms with van der Waals surface area (Å²) in [6.07, 6.45) is 12.9. The third-order valence-electron chi connectivity index (χ3n) is 9.07. The molecule has 0 saturated heterocycles. The van der Waals surface area contributed by atoms with Crippen molar-refractivity contribution in [1.29, 1.82) is 0 Å². The molecule has 1 N–H and O–H groups in total. The molecule has 0 spiro atoms. The van der Waals surface area contributed by atoms with Crippen molar-refractivity contribution in [2.24, 2.45) is 38.8 Å². The molecule has 0 aromatic heterocycles. The molecule has 4 aliphatic rings. The summed E-state index contributed by atoms with van der Waals surface area (Å²) in [6.45, 7) is 4.89. The molecule has 6 atom stereocenters. The molecule has 30 heavy (non-hydrogen) atoms. The van der Waals surface area contributed by atoms with Crippen molar-refractivity contribution in [3.63, 3.8) is 0 Å². The quantitative estimate of drug-likeness (QED) is 0.368. The average Bonchev–Trinajstić information content (AvgIpc) is 3.06. The van der Waals surface area contributed by atoms with Crippen molar-refractivity contribution in [3.8, 4) is 0 Å². The second-order valence-electron chi connectivity index (χ2n) is 10.5. The summed E-state index contributed by atoms with van der Waals surface area (Å²) < 4.78 is 13.1.